The molecule has 2 aromatic carbocycles. The van der Waals surface area contributed by atoms with E-state index in [2.05, 4.69) is 30.9 Å². The number of para-hydroxylation sites is 2. The van der Waals surface area contributed by atoms with Gasteiger partial charge < -0.3 is 55.6 Å². The van der Waals surface area contributed by atoms with Crippen molar-refractivity contribution in [2.45, 2.75) is 71.2 Å². The van der Waals surface area contributed by atoms with Crippen LogP contribution in [0.25, 0.3) is 0 Å². The van der Waals surface area contributed by atoms with Gasteiger partial charge >= 0.3 is 17.1 Å². The van der Waals surface area contributed by atoms with Crippen LogP contribution in [0, 0.1) is 0 Å². The maximum atomic E-state index is 12.4. The molecule has 20 nitrogen and oxygen atoms in total. The summed E-state index contributed by atoms with van der Waals surface area (Å²) < 4.78 is 33.1. The molecule has 0 bridgehead atoms. The highest BCUT2D eigenvalue weighted by Gasteiger charge is 2.35. The van der Waals surface area contributed by atoms with Gasteiger partial charge in [-0.3, -0.25) is 13.7 Å². The summed E-state index contributed by atoms with van der Waals surface area (Å²) in [5.74, 6) is 3.82. The SMILES string of the molecule is CC(C)n1cc2c(nc1=O)Nc1c(COCCN)cccc1O2.CC(C)n1cc2c(nc1=O)Nc1c(OCCNc3ccn(C4CC(O)C(CO)O4)c(=O)n3)cccc1O2. The van der Waals surface area contributed by atoms with Gasteiger partial charge in [-0.15, -0.1) is 0 Å². The average molecular weight is 829 g/mol. The summed E-state index contributed by atoms with van der Waals surface area (Å²) in [4.78, 5) is 49.0. The van der Waals surface area contributed by atoms with E-state index >= 15 is 0 Å². The Bertz CT molecular complexity index is 2510. The molecule has 3 unspecified atom stereocenters. The van der Waals surface area contributed by atoms with E-state index in [9.17, 15) is 24.6 Å². The van der Waals surface area contributed by atoms with Gasteiger partial charge in [0.25, 0.3) is 0 Å². The molecule has 3 atom stereocenters. The number of fused-ring (bicyclic) bond motifs is 4. The quantitative estimate of drug-likeness (QED) is 0.0910. The second kappa shape index (κ2) is 18.3. The number of aliphatic hydroxyl groups is 2. The first-order valence-corrected chi connectivity index (χ1v) is 19.5. The molecule has 60 heavy (non-hydrogen) atoms. The Kier molecular flexibility index (Phi) is 12.8. The van der Waals surface area contributed by atoms with E-state index in [4.69, 9.17) is 29.4 Å². The number of anilines is 5. The summed E-state index contributed by atoms with van der Waals surface area (Å²) in [6.07, 6.45) is 2.79. The summed E-state index contributed by atoms with van der Waals surface area (Å²) in [6.45, 7) is 9.26. The number of nitrogens with two attached hydrogens (primary N) is 1. The third kappa shape index (κ3) is 9.11. The van der Waals surface area contributed by atoms with Crippen LogP contribution in [0.4, 0.5) is 28.8 Å². The predicted molar refractivity (Wildman–Crippen MR) is 220 cm³/mol. The second-order valence-corrected chi connectivity index (χ2v) is 14.6. The van der Waals surface area contributed by atoms with Crippen LogP contribution in [-0.4, -0.2) is 84.0 Å². The van der Waals surface area contributed by atoms with Crippen molar-refractivity contribution in [1.82, 2.24) is 28.7 Å². The molecule has 3 aliphatic heterocycles. The lowest BCUT2D eigenvalue weighted by molar-refractivity contribution is -0.0458. The van der Waals surface area contributed by atoms with Gasteiger partial charge in [0.05, 0.1) is 50.6 Å². The van der Waals surface area contributed by atoms with Crippen molar-refractivity contribution < 1.29 is 33.9 Å². The molecule has 0 radical (unpaired) electrons. The van der Waals surface area contributed by atoms with E-state index in [-0.39, 0.29) is 43.1 Å². The van der Waals surface area contributed by atoms with Crippen molar-refractivity contribution in [3.63, 3.8) is 0 Å². The highest BCUT2D eigenvalue weighted by Crippen LogP contribution is 2.45. The van der Waals surface area contributed by atoms with Crippen LogP contribution >= 0.6 is 0 Å². The summed E-state index contributed by atoms with van der Waals surface area (Å²) in [7, 11) is 0. The summed E-state index contributed by atoms with van der Waals surface area (Å²) in [5, 5.41) is 28.5. The zero-order valence-corrected chi connectivity index (χ0v) is 33.5. The van der Waals surface area contributed by atoms with Crippen LogP contribution in [0.2, 0.25) is 0 Å². The Morgan fingerprint density at radius 1 is 0.850 bits per heavy atom. The van der Waals surface area contributed by atoms with Gasteiger partial charge in [-0.25, -0.2) is 14.4 Å². The fraction of sp³-hybridized carbons (Fsp3) is 0.400. The van der Waals surface area contributed by atoms with Crippen LogP contribution in [0.15, 0.2) is 75.4 Å². The summed E-state index contributed by atoms with van der Waals surface area (Å²) >= 11 is 0. The molecule has 318 valence electrons. The van der Waals surface area contributed by atoms with E-state index in [1.165, 1.54) is 15.3 Å². The van der Waals surface area contributed by atoms with E-state index in [0.29, 0.717) is 78.2 Å². The molecule has 0 amide bonds. The van der Waals surface area contributed by atoms with Crippen LogP contribution in [0.3, 0.4) is 0 Å². The van der Waals surface area contributed by atoms with Crippen molar-refractivity contribution in [2.75, 3.05) is 48.9 Å². The van der Waals surface area contributed by atoms with Crippen molar-refractivity contribution in [1.29, 1.82) is 0 Å². The Morgan fingerprint density at radius 2 is 1.48 bits per heavy atom. The van der Waals surface area contributed by atoms with Gasteiger partial charge in [-0.2, -0.15) is 15.0 Å². The number of rotatable bonds is 13. The number of ether oxygens (including phenoxy) is 5. The van der Waals surface area contributed by atoms with Crippen LogP contribution in [0.1, 0.15) is 58.0 Å². The highest BCUT2D eigenvalue weighted by molar-refractivity contribution is 5.78. The molecule has 3 aliphatic rings. The number of nitrogens with zero attached hydrogens (tertiary/aromatic N) is 6. The molecule has 20 heteroatoms. The molecule has 0 saturated carbocycles. The molecule has 8 rings (SSSR count). The fourth-order valence-corrected chi connectivity index (χ4v) is 6.59. The monoisotopic (exact) mass is 828 g/mol. The number of hydrogen-bond acceptors (Lipinski definition) is 17. The molecular weight excluding hydrogens is 780 g/mol. The minimum atomic E-state index is -0.844. The summed E-state index contributed by atoms with van der Waals surface area (Å²) in [6, 6.07) is 12.6. The lowest BCUT2D eigenvalue weighted by atomic mass is 10.1. The van der Waals surface area contributed by atoms with Crippen molar-refractivity contribution in [3.05, 3.63) is 98.1 Å². The zero-order chi connectivity index (χ0) is 42.5. The maximum Gasteiger partial charge on any atom is 0.351 e. The smallest absolute Gasteiger partial charge is 0.351 e. The van der Waals surface area contributed by atoms with Crippen LogP contribution in [-0.2, 0) is 16.1 Å². The van der Waals surface area contributed by atoms with E-state index in [0.717, 1.165) is 11.3 Å². The first-order valence-electron chi connectivity index (χ1n) is 19.5. The normalized spacial score (nSPS) is 17.1. The lowest BCUT2D eigenvalue weighted by Crippen LogP contribution is -2.28. The molecule has 0 spiro atoms. The molecule has 3 aromatic heterocycles. The highest BCUT2D eigenvalue weighted by atomic mass is 16.5. The molecule has 6 heterocycles. The molecule has 5 aromatic rings. The first kappa shape index (κ1) is 41.8. The van der Waals surface area contributed by atoms with E-state index in [1.54, 1.807) is 41.2 Å². The third-order valence-electron chi connectivity index (χ3n) is 9.69. The largest absolute Gasteiger partial charge is 0.489 e. The topological polar surface area (TPSA) is 253 Å². The zero-order valence-electron chi connectivity index (χ0n) is 33.5. The number of nitrogens with one attached hydrogen (secondary N) is 3. The number of aliphatic hydroxyl groups excluding tert-OH is 2. The number of aromatic nitrogens is 6. The van der Waals surface area contributed by atoms with Crippen LogP contribution < -0.4 is 53.0 Å². The number of hydrogen-bond donors (Lipinski definition) is 6. The van der Waals surface area contributed by atoms with Gasteiger partial charge in [-0.1, -0.05) is 18.2 Å². The third-order valence-corrected chi connectivity index (χ3v) is 9.69. The molecule has 0 aliphatic carbocycles. The van der Waals surface area contributed by atoms with E-state index in [1.807, 2.05) is 45.9 Å². The van der Waals surface area contributed by atoms with Crippen molar-refractivity contribution >= 4 is 28.8 Å². The van der Waals surface area contributed by atoms with Crippen molar-refractivity contribution in [2.24, 2.45) is 5.73 Å². The Hall–Kier alpha value is -6.32. The van der Waals surface area contributed by atoms with Gasteiger partial charge in [0.15, 0.2) is 34.6 Å². The Labute approximate surface area is 343 Å². The average Bonchev–Trinajstić information content (AvgIpc) is 3.60. The lowest BCUT2D eigenvalue weighted by Gasteiger charge is -2.24. The minimum Gasteiger partial charge on any atom is -0.489 e. The Balaban J connectivity index is 0.000000203. The summed E-state index contributed by atoms with van der Waals surface area (Å²) in [5.41, 5.74) is 6.46. The number of benzene rings is 2. The second-order valence-electron chi connectivity index (χ2n) is 14.6. The standard InChI is InChI=1S/C24H28N6O7.C16H20N4O3/c1-13(2)30-11-17-22(28-24(30)34)27-21-15(4-3-5-16(21)36-17)35-9-7-25-19-6-8-29(23(33)26-19)20-10-14(32)18(12-31)37-20;1-10(2)20-8-13-15(19-16(20)21)18-14-11(9-22-7-6-17)4-3-5-12(14)23-13/h3-6,8,11,13-14,18,20,31-32H,7,9-10,12H2,1-2H3,(H,25,26,33)(H,27,28,34);3-5,8,10H,6-7,9,17H2,1-2H3,(H,18,19,21). The van der Waals surface area contributed by atoms with Crippen LogP contribution in [0.5, 0.6) is 28.7 Å². The fourth-order valence-electron chi connectivity index (χ4n) is 6.59. The minimum absolute atomic E-state index is 0.0151. The van der Waals surface area contributed by atoms with Gasteiger partial charge in [0.2, 0.25) is 0 Å². The molecule has 7 N–H and O–H groups in total. The van der Waals surface area contributed by atoms with Gasteiger partial charge in [-0.05, 0) is 52.0 Å². The van der Waals surface area contributed by atoms with Crippen molar-refractivity contribution in [3.8, 4) is 28.7 Å². The van der Waals surface area contributed by atoms with Gasteiger partial charge in [0, 0.05) is 36.8 Å². The first-order chi connectivity index (χ1) is 28.9. The predicted octanol–water partition coefficient (Wildman–Crippen LogP) is 3.51. The van der Waals surface area contributed by atoms with Gasteiger partial charge in [0.1, 0.15) is 36.2 Å². The molecule has 1 saturated heterocycles. The molecular formula is C40H48N10O10. The Morgan fingerprint density at radius 3 is 2.08 bits per heavy atom. The maximum absolute atomic E-state index is 12.4. The molecule has 1 fully saturated rings. The van der Waals surface area contributed by atoms with E-state index < -0.39 is 24.1 Å².